The monoisotopic (exact) mass is 280 g/mol. The average molecular weight is 280 g/mol. The largest absolute Gasteiger partial charge is 0.383 e. The second-order valence-electron chi connectivity index (χ2n) is 4.57. The van der Waals surface area contributed by atoms with Gasteiger partial charge in [-0.1, -0.05) is 6.07 Å². The predicted molar refractivity (Wildman–Crippen MR) is 81.0 cm³/mol. The molecule has 1 aromatic carbocycles. The molecular formula is C16H16N4O. The number of carbonyl (C=O) groups is 1. The zero-order chi connectivity index (χ0) is 15.1. The summed E-state index contributed by atoms with van der Waals surface area (Å²) in [5.74, 6) is -0.180. The maximum atomic E-state index is 11.9. The normalized spacial score (nSPS) is 9.71. The summed E-state index contributed by atoms with van der Waals surface area (Å²) in [7, 11) is 0. The van der Waals surface area contributed by atoms with E-state index in [-0.39, 0.29) is 5.91 Å². The van der Waals surface area contributed by atoms with Crippen molar-refractivity contribution < 1.29 is 4.79 Å². The van der Waals surface area contributed by atoms with Crippen molar-refractivity contribution in [3.05, 3.63) is 59.4 Å². The number of nitriles is 1. The van der Waals surface area contributed by atoms with Crippen LogP contribution in [0.3, 0.4) is 0 Å². The summed E-state index contributed by atoms with van der Waals surface area (Å²) in [5, 5.41) is 14.9. The number of hydrogen-bond acceptors (Lipinski definition) is 4. The number of benzene rings is 1. The van der Waals surface area contributed by atoms with E-state index in [1.54, 1.807) is 36.7 Å². The van der Waals surface area contributed by atoms with E-state index in [0.29, 0.717) is 24.2 Å². The molecule has 2 N–H and O–H groups in total. The van der Waals surface area contributed by atoms with Gasteiger partial charge in [-0.15, -0.1) is 0 Å². The van der Waals surface area contributed by atoms with E-state index in [0.717, 1.165) is 11.3 Å². The number of anilines is 1. The Morgan fingerprint density at radius 2 is 2.19 bits per heavy atom. The molecule has 0 unspecified atom stereocenters. The molecule has 0 saturated heterocycles. The van der Waals surface area contributed by atoms with Crippen LogP contribution in [0.2, 0.25) is 0 Å². The summed E-state index contributed by atoms with van der Waals surface area (Å²) in [4.78, 5) is 16.0. The van der Waals surface area contributed by atoms with Gasteiger partial charge >= 0.3 is 0 Å². The molecule has 5 heteroatoms. The van der Waals surface area contributed by atoms with Gasteiger partial charge in [-0.25, -0.2) is 0 Å². The van der Waals surface area contributed by atoms with Gasteiger partial charge in [-0.05, 0) is 36.8 Å². The van der Waals surface area contributed by atoms with E-state index in [9.17, 15) is 4.79 Å². The van der Waals surface area contributed by atoms with Crippen LogP contribution in [0.25, 0.3) is 0 Å². The molecule has 0 aliphatic rings. The number of pyridine rings is 1. The Bertz CT molecular complexity index is 676. The number of hydrogen-bond donors (Lipinski definition) is 2. The Hall–Kier alpha value is -2.87. The number of nitrogens with one attached hydrogen (secondary N) is 2. The zero-order valence-corrected chi connectivity index (χ0v) is 11.8. The number of aryl methyl sites for hydroxylation is 1. The Morgan fingerprint density at radius 3 is 2.95 bits per heavy atom. The first-order chi connectivity index (χ1) is 10.2. The SMILES string of the molecule is Cc1cnccc1NCCNC(=O)c1cccc(C#N)c1. The summed E-state index contributed by atoms with van der Waals surface area (Å²) in [5.41, 5.74) is 3.04. The third-order valence-corrected chi connectivity index (χ3v) is 3.00. The average Bonchev–Trinajstić information content (AvgIpc) is 2.53. The fourth-order valence-electron chi connectivity index (χ4n) is 1.88. The van der Waals surface area contributed by atoms with E-state index >= 15 is 0 Å². The van der Waals surface area contributed by atoms with Crippen LogP contribution in [0, 0.1) is 18.3 Å². The number of aromatic nitrogens is 1. The first-order valence-electron chi connectivity index (χ1n) is 6.63. The number of nitrogens with zero attached hydrogens (tertiary/aromatic N) is 2. The molecule has 1 heterocycles. The van der Waals surface area contributed by atoms with Crippen LogP contribution in [0.15, 0.2) is 42.7 Å². The van der Waals surface area contributed by atoms with Gasteiger partial charge in [0.25, 0.3) is 5.91 Å². The Labute approximate surface area is 123 Å². The molecule has 0 atom stereocenters. The van der Waals surface area contributed by atoms with Crippen molar-refractivity contribution in [2.75, 3.05) is 18.4 Å². The fourth-order valence-corrected chi connectivity index (χ4v) is 1.88. The molecule has 0 saturated carbocycles. The van der Waals surface area contributed by atoms with Crippen molar-refractivity contribution in [3.8, 4) is 6.07 Å². The van der Waals surface area contributed by atoms with Crippen molar-refractivity contribution in [1.29, 1.82) is 5.26 Å². The van der Waals surface area contributed by atoms with Gasteiger partial charge < -0.3 is 10.6 Å². The maximum absolute atomic E-state index is 11.9. The van der Waals surface area contributed by atoms with Gasteiger partial charge in [-0.3, -0.25) is 9.78 Å². The van der Waals surface area contributed by atoms with Gasteiger partial charge in [0.05, 0.1) is 11.6 Å². The van der Waals surface area contributed by atoms with Crippen LogP contribution in [0.4, 0.5) is 5.69 Å². The minimum absolute atomic E-state index is 0.180. The number of carbonyl (C=O) groups excluding carboxylic acids is 1. The molecule has 0 spiro atoms. The molecule has 5 nitrogen and oxygen atoms in total. The van der Waals surface area contributed by atoms with Gasteiger partial charge in [0.2, 0.25) is 0 Å². The number of rotatable bonds is 5. The highest BCUT2D eigenvalue weighted by atomic mass is 16.1. The molecule has 0 aliphatic carbocycles. The smallest absolute Gasteiger partial charge is 0.251 e. The zero-order valence-electron chi connectivity index (χ0n) is 11.8. The van der Waals surface area contributed by atoms with Crippen LogP contribution in [-0.4, -0.2) is 24.0 Å². The predicted octanol–water partition coefficient (Wildman–Crippen LogP) is 2.10. The second-order valence-corrected chi connectivity index (χ2v) is 4.57. The Kier molecular flexibility index (Phi) is 4.89. The highest BCUT2D eigenvalue weighted by Gasteiger charge is 2.05. The third kappa shape index (κ3) is 4.05. The van der Waals surface area contributed by atoms with Crippen molar-refractivity contribution in [1.82, 2.24) is 10.3 Å². The lowest BCUT2D eigenvalue weighted by Gasteiger charge is -2.10. The lowest BCUT2D eigenvalue weighted by Crippen LogP contribution is -2.28. The summed E-state index contributed by atoms with van der Waals surface area (Å²) in [6.45, 7) is 3.09. The van der Waals surface area contributed by atoms with Gasteiger partial charge in [0.15, 0.2) is 0 Å². The lowest BCUT2D eigenvalue weighted by atomic mass is 10.1. The standard InChI is InChI=1S/C16H16N4O/c1-12-11-18-6-5-15(12)19-7-8-20-16(21)14-4-2-3-13(9-14)10-17/h2-6,9,11H,7-8H2,1H3,(H,18,19)(H,20,21). The van der Waals surface area contributed by atoms with Crippen molar-refractivity contribution in [2.24, 2.45) is 0 Å². The van der Waals surface area contributed by atoms with E-state index in [4.69, 9.17) is 5.26 Å². The summed E-state index contributed by atoms with van der Waals surface area (Å²) in [6.07, 6.45) is 3.51. The molecule has 0 radical (unpaired) electrons. The van der Waals surface area contributed by atoms with E-state index < -0.39 is 0 Å². The van der Waals surface area contributed by atoms with Gasteiger partial charge in [0, 0.05) is 36.7 Å². The minimum Gasteiger partial charge on any atom is -0.383 e. The first-order valence-corrected chi connectivity index (χ1v) is 6.63. The van der Waals surface area contributed by atoms with Crippen molar-refractivity contribution in [3.63, 3.8) is 0 Å². The van der Waals surface area contributed by atoms with Gasteiger partial charge in [0.1, 0.15) is 0 Å². The van der Waals surface area contributed by atoms with E-state index in [1.807, 2.05) is 19.1 Å². The summed E-state index contributed by atoms with van der Waals surface area (Å²) in [6, 6.07) is 10.6. The lowest BCUT2D eigenvalue weighted by molar-refractivity contribution is 0.0955. The topological polar surface area (TPSA) is 77.8 Å². The van der Waals surface area contributed by atoms with Crippen LogP contribution < -0.4 is 10.6 Å². The maximum Gasteiger partial charge on any atom is 0.251 e. The Morgan fingerprint density at radius 1 is 1.33 bits per heavy atom. The van der Waals surface area contributed by atoms with Crippen molar-refractivity contribution in [2.45, 2.75) is 6.92 Å². The molecule has 0 bridgehead atoms. The van der Waals surface area contributed by atoms with E-state index in [1.165, 1.54) is 0 Å². The van der Waals surface area contributed by atoms with Crippen LogP contribution in [0.1, 0.15) is 21.5 Å². The molecule has 21 heavy (non-hydrogen) atoms. The number of amides is 1. The molecular weight excluding hydrogens is 264 g/mol. The highest BCUT2D eigenvalue weighted by molar-refractivity contribution is 5.94. The molecule has 106 valence electrons. The molecule has 1 amide bonds. The first kappa shape index (κ1) is 14.5. The van der Waals surface area contributed by atoms with Gasteiger partial charge in [-0.2, -0.15) is 5.26 Å². The minimum atomic E-state index is -0.180. The van der Waals surface area contributed by atoms with Crippen LogP contribution >= 0.6 is 0 Å². The Balaban J connectivity index is 1.82. The second kappa shape index (κ2) is 7.06. The third-order valence-electron chi connectivity index (χ3n) is 3.00. The summed E-state index contributed by atoms with van der Waals surface area (Å²) < 4.78 is 0. The van der Waals surface area contributed by atoms with Crippen molar-refractivity contribution >= 4 is 11.6 Å². The fraction of sp³-hybridized carbons (Fsp3) is 0.188. The molecule has 1 aromatic heterocycles. The summed E-state index contributed by atoms with van der Waals surface area (Å²) >= 11 is 0. The van der Waals surface area contributed by atoms with Crippen LogP contribution in [-0.2, 0) is 0 Å². The molecule has 2 rings (SSSR count). The quantitative estimate of drug-likeness (QED) is 0.822. The van der Waals surface area contributed by atoms with Crippen LogP contribution in [0.5, 0.6) is 0 Å². The molecule has 0 aliphatic heterocycles. The molecule has 2 aromatic rings. The van der Waals surface area contributed by atoms with E-state index in [2.05, 4.69) is 15.6 Å². The highest BCUT2D eigenvalue weighted by Crippen LogP contribution is 2.10. The molecule has 0 fully saturated rings.